The minimum atomic E-state index is -0.0816. The van der Waals surface area contributed by atoms with Crippen molar-refractivity contribution in [1.29, 1.82) is 0 Å². The van der Waals surface area contributed by atoms with E-state index in [0.717, 1.165) is 10.2 Å². The molecule has 1 amide bonds. The van der Waals surface area contributed by atoms with Gasteiger partial charge in [-0.15, -0.1) is 6.58 Å². The molecule has 0 atom stereocenters. The first-order valence-electron chi connectivity index (χ1n) is 3.74. The Hall–Kier alpha value is -1.16. The van der Waals surface area contributed by atoms with Gasteiger partial charge in [-0.25, -0.2) is 0 Å². The molecule has 1 heterocycles. The Morgan fingerprint density at radius 2 is 2.54 bits per heavy atom. The van der Waals surface area contributed by atoms with Gasteiger partial charge in [0.15, 0.2) is 0 Å². The first kappa shape index (κ1) is 9.92. The van der Waals surface area contributed by atoms with Crippen LogP contribution in [0.2, 0.25) is 0 Å². The third-order valence-corrected chi connectivity index (χ3v) is 2.01. The molecule has 0 saturated carbocycles. The summed E-state index contributed by atoms with van der Waals surface area (Å²) < 4.78 is 0.771. The maximum atomic E-state index is 11.1. The Balaban J connectivity index is 2.68. The molecule has 0 aliphatic heterocycles. The fraction of sp³-hybridized carbons (Fsp3) is 0.111. The molecule has 68 valence electrons. The fourth-order valence-electron chi connectivity index (χ4n) is 0.809. The van der Waals surface area contributed by atoms with E-state index in [2.05, 4.69) is 32.8 Å². The summed E-state index contributed by atoms with van der Waals surface area (Å²) in [4.78, 5) is 15.0. The predicted molar refractivity (Wildman–Crippen MR) is 55.4 cm³/mol. The van der Waals surface area contributed by atoms with Crippen molar-refractivity contribution in [1.82, 2.24) is 4.98 Å². The number of pyridine rings is 1. The van der Waals surface area contributed by atoms with Crippen molar-refractivity contribution in [2.24, 2.45) is 0 Å². The van der Waals surface area contributed by atoms with E-state index in [1.165, 1.54) is 0 Å². The molecule has 0 saturated heterocycles. The van der Waals surface area contributed by atoms with Crippen LogP contribution in [0.1, 0.15) is 6.42 Å². The molecule has 1 rings (SSSR count). The Morgan fingerprint density at radius 1 is 1.77 bits per heavy atom. The van der Waals surface area contributed by atoms with Crippen LogP contribution in [0.25, 0.3) is 0 Å². The lowest BCUT2D eigenvalue weighted by atomic mass is 10.3. The predicted octanol–water partition coefficient (Wildman–Crippen LogP) is 2.36. The summed E-state index contributed by atoms with van der Waals surface area (Å²) in [6, 6.07) is 1.73. The number of nitrogens with zero attached hydrogens (tertiary/aromatic N) is 1. The van der Waals surface area contributed by atoms with Gasteiger partial charge in [-0.2, -0.15) is 0 Å². The van der Waals surface area contributed by atoms with Crippen LogP contribution in [0.5, 0.6) is 0 Å². The highest BCUT2D eigenvalue weighted by Gasteiger charge is 2.02. The molecule has 1 aromatic heterocycles. The monoisotopic (exact) mass is 240 g/mol. The lowest BCUT2D eigenvalue weighted by Gasteiger charge is -2.04. The van der Waals surface area contributed by atoms with Gasteiger partial charge >= 0.3 is 0 Å². The van der Waals surface area contributed by atoms with Gasteiger partial charge in [0.2, 0.25) is 5.91 Å². The maximum absolute atomic E-state index is 11.1. The summed E-state index contributed by atoms with van der Waals surface area (Å²) in [6.45, 7) is 3.48. The third-order valence-electron chi connectivity index (χ3n) is 1.38. The van der Waals surface area contributed by atoms with E-state index in [0.29, 0.717) is 6.42 Å². The molecule has 4 heteroatoms. The quantitative estimate of drug-likeness (QED) is 0.825. The van der Waals surface area contributed by atoms with Crippen molar-refractivity contribution >= 4 is 27.5 Å². The van der Waals surface area contributed by atoms with Crippen LogP contribution in [0.4, 0.5) is 5.69 Å². The number of hydrogen-bond acceptors (Lipinski definition) is 2. The van der Waals surface area contributed by atoms with Gasteiger partial charge in [0.25, 0.3) is 0 Å². The van der Waals surface area contributed by atoms with E-state index in [9.17, 15) is 4.79 Å². The van der Waals surface area contributed by atoms with E-state index in [1.54, 1.807) is 24.5 Å². The zero-order valence-corrected chi connectivity index (χ0v) is 8.54. The summed E-state index contributed by atoms with van der Waals surface area (Å²) >= 11 is 3.27. The number of rotatable bonds is 3. The Labute approximate surface area is 85.0 Å². The van der Waals surface area contributed by atoms with Crippen molar-refractivity contribution in [3.63, 3.8) is 0 Å². The van der Waals surface area contributed by atoms with E-state index in [-0.39, 0.29) is 5.91 Å². The van der Waals surface area contributed by atoms with Gasteiger partial charge < -0.3 is 5.32 Å². The van der Waals surface area contributed by atoms with Gasteiger partial charge in [-0.05, 0) is 22.0 Å². The second-order valence-electron chi connectivity index (χ2n) is 2.40. The molecule has 0 radical (unpaired) electrons. The average molecular weight is 241 g/mol. The second kappa shape index (κ2) is 4.77. The van der Waals surface area contributed by atoms with Gasteiger partial charge in [0.05, 0.1) is 10.2 Å². The van der Waals surface area contributed by atoms with Gasteiger partial charge in [0.1, 0.15) is 0 Å². The summed E-state index contributed by atoms with van der Waals surface area (Å²) in [5.41, 5.74) is 0.724. The Kier molecular flexibility index (Phi) is 3.64. The van der Waals surface area contributed by atoms with E-state index in [4.69, 9.17) is 0 Å². The van der Waals surface area contributed by atoms with Crippen molar-refractivity contribution in [3.8, 4) is 0 Å². The molecule has 3 nitrogen and oxygen atoms in total. The van der Waals surface area contributed by atoms with Crippen LogP contribution in [-0.2, 0) is 4.79 Å². The Morgan fingerprint density at radius 3 is 3.15 bits per heavy atom. The molecule has 0 bridgehead atoms. The molecule has 0 spiro atoms. The van der Waals surface area contributed by atoms with Crippen molar-refractivity contribution in [2.45, 2.75) is 6.42 Å². The molecule has 0 aliphatic rings. The number of carbonyl (C=O) groups excluding carboxylic acids is 1. The number of amides is 1. The summed E-state index contributed by atoms with van der Waals surface area (Å²) in [6.07, 6.45) is 5.12. The SMILES string of the molecule is C=CCC(=O)Nc1ccncc1Br. The lowest BCUT2D eigenvalue weighted by Crippen LogP contribution is -2.10. The number of nitrogens with one attached hydrogen (secondary N) is 1. The Bertz CT molecular complexity index is 325. The van der Waals surface area contributed by atoms with Gasteiger partial charge in [-0.3, -0.25) is 9.78 Å². The van der Waals surface area contributed by atoms with Crippen molar-refractivity contribution < 1.29 is 4.79 Å². The van der Waals surface area contributed by atoms with Crippen LogP contribution >= 0.6 is 15.9 Å². The maximum Gasteiger partial charge on any atom is 0.228 e. The van der Waals surface area contributed by atoms with Crippen LogP contribution in [0, 0.1) is 0 Å². The van der Waals surface area contributed by atoms with Gasteiger partial charge in [0, 0.05) is 18.8 Å². The summed E-state index contributed by atoms with van der Waals surface area (Å²) in [5.74, 6) is -0.0816. The number of aromatic nitrogens is 1. The molecule has 0 aliphatic carbocycles. The number of halogens is 1. The highest BCUT2D eigenvalue weighted by Crippen LogP contribution is 2.19. The molecule has 1 aromatic rings. The van der Waals surface area contributed by atoms with Crippen LogP contribution in [0.15, 0.2) is 35.6 Å². The van der Waals surface area contributed by atoms with E-state index in [1.807, 2.05) is 0 Å². The largest absolute Gasteiger partial charge is 0.325 e. The number of anilines is 1. The smallest absolute Gasteiger partial charge is 0.228 e. The first-order valence-corrected chi connectivity index (χ1v) is 4.53. The molecule has 1 N–H and O–H groups in total. The second-order valence-corrected chi connectivity index (χ2v) is 3.25. The molecular formula is C9H9BrN2O. The highest BCUT2D eigenvalue weighted by atomic mass is 79.9. The lowest BCUT2D eigenvalue weighted by molar-refractivity contribution is -0.115. The molecule has 13 heavy (non-hydrogen) atoms. The molecular weight excluding hydrogens is 232 g/mol. The third kappa shape index (κ3) is 2.99. The van der Waals surface area contributed by atoms with Crippen molar-refractivity contribution in [3.05, 3.63) is 35.6 Å². The van der Waals surface area contributed by atoms with E-state index >= 15 is 0 Å². The minimum Gasteiger partial charge on any atom is -0.325 e. The average Bonchev–Trinajstić information content (AvgIpc) is 2.09. The topological polar surface area (TPSA) is 42.0 Å². The molecule has 0 fully saturated rings. The van der Waals surface area contributed by atoms with Crippen molar-refractivity contribution in [2.75, 3.05) is 5.32 Å². The molecule has 0 unspecified atom stereocenters. The zero-order valence-electron chi connectivity index (χ0n) is 6.96. The summed E-state index contributed by atoms with van der Waals surface area (Å²) in [7, 11) is 0. The molecule has 0 aromatic carbocycles. The van der Waals surface area contributed by atoms with E-state index < -0.39 is 0 Å². The standard InChI is InChI=1S/C9H9BrN2O/c1-2-3-9(13)12-8-4-5-11-6-7(8)10/h2,4-6H,1,3H2,(H,11,12,13). The number of carbonyl (C=O) groups is 1. The van der Waals surface area contributed by atoms with Crippen LogP contribution in [-0.4, -0.2) is 10.9 Å². The fourth-order valence-corrected chi connectivity index (χ4v) is 1.16. The normalized spacial score (nSPS) is 9.31. The number of hydrogen-bond donors (Lipinski definition) is 1. The highest BCUT2D eigenvalue weighted by molar-refractivity contribution is 9.10. The van der Waals surface area contributed by atoms with Crippen LogP contribution < -0.4 is 5.32 Å². The van der Waals surface area contributed by atoms with Crippen LogP contribution in [0.3, 0.4) is 0 Å². The zero-order chi connectivity index (χ0) is 9.68. The first-order chi connectivity index (χ1) is 6.24. The summed E-state index contributed by atoms with van der Waals surface area (Å²) in [5, 5.41) is 2.71. The van der Waals surface area contributed by atoms with Gasteiger partial charge in [-0.1, -0.05) is 6.08 Å². The minimum absolute atomic E-state index is 0.0816.